The number of carbonyl (C=O) groups is 2. The van der Waals surface area contributed by atoms with Gasteiger partial charge in [-0.15, -0.1) is 0 Å². The first-order valence-corrected chi connectivity index (χ1v) is 7.66. The zero-order valence-corrected chi connectivity index (χ0v) is 13.9. The average Bonchev–Trinajstić information content (AvgIpc) is 2.61. The lowest BCUT2D eigenvalue weighted by molar-refractivity contribution is -0.385. The minimum atomic E-state index is -0.830. The zero-order chi connectivity index (χ0) is 19.3. The first kappa shape index (κ1) is 18.8. The molecule has 10 nitrogen and oxygen atoms in total. The van der Waals surface area contributed by atoms with E-state index in [4.69, 9.17) is 10.5 Å². The number of nitro benzene ring substituents is 1. The van der Waals surface area contributed by atoms with E-state index >= 15 is 0 Å². The van der Waals surface area contributed by atoms with Gasteiger partial charge in [-0.2, -0.15) is 5.10 Å². The Morgan fingerprint density at radius 2 is 2.04 bits per heavy atom. The van der Waals surface area contributed by atoms with Crippen LogP contribution in [0.1, 0.15) is 39.8 Å². The number of benzene rings is 1. The largest absolute Gasteiger partial charge is 0.456 e. The third-order valence-electron chi connectivity index (χ3n) is 3.44. The minimum Gasteiger partial charge on any atom is -0.456 e. The number of primary amides is 1. The molecule has 0 radical (unpaired) electrons. The van der Waals surface area contributed by atoms with Crippen LogP contribution < -0.4 is 11.3 Å². The SMILES string of the molecule is CCCn1nc(C(=O)OCc2ccc(C(N)=O)cc2[N+](=O)[O-])ccc1=O. The molecule has 10 heteroatoms. The third kappa shape index (κ3) is 4.29. The Labute approximate surface area is 147 Å². The van der Waals surface area contributed by atoms with Crippen LogP contribution >= 0.6 is 0 Å². The van der Waals surface area contributed by atoms with Crippen LogP contribution in [0.25, 0.3) is 0 Å². The Bertz CT molecular complexity index is 921. The highest BCUT2D eigenvalue weighted by atomic mass is 16.6. The molecule has 0 atom stereocenters. The molecule has 0 aliphatic carbocycles. The quantitative estimate of drug-likeness (QED) is 0.440. The molecule has 26 heavy (non-hydrogen) atoms. The molecule has 1 aromatic carbocycles. The molecule has 2 rings (SSSR count). The van der Waals surface area contributed by atoms with Crippen LogP contribution in [0.15, 0.2) is 35.1 Å². The van der Waals surface area contributed by atoms with E-state index in [2.05, 4.69) is 5.10 Å². The fraction of sp³-hybridized carbons (Fsp3) is 0.250. The maximum atomic E-state index is 12.1. The molecule has 1 heterocycles. The van der Waals surface area contributed by atoms with Crippen LogP contribution in [-0.4, -0.2) is 26.6 Å². The number of amides is 1. The van der Waals surface area contributed by atoms with E-state index in [0.29, 0.717) is 13.0 Å². The average molecular weight is 360 g/mol. The predicted octanol–water partition coefficient (Wildman–Crippen LogP) is 1.02. The van der Waals surface area contributed by atoms with E-state index in [1.807, 2.05) is 6.92 Å². The zero-order valence-electron chi connectivity index (χ0n) is 13.9. The topological polar surface area (TPSA) is 147 Å². The summed E-state index contributed by atoms with van der Waals surface area (Å²) in [4.78, 5) is 45.3. The molecule has 0 bridgehead atoms. The first-order valence-electron chi connectivity index (χ1n) is 7.66. The Morgan fingerprint density at radius 1 is 1.31 bits per heavy atom. The molecule has 0 spiro atoms. The smallest absolute Gasteiger partial charge is 0.359 e. The van der Waals surface area contributed by atoms with E-state index in [0.717, 1.165) is 10.7 Å². The van der Waals surface area contributed by atoms with Crippen molar-refractivity contribution in [2.24, 2.45) is 5.73 Å². The Balaban J connectivity index is 2.19. The second kappa shape index (κ2) is 8.01. The molecule has 1 amide bonds. The Morgan fingerprint density at radius 3 is 2.65 bits per heavy atom. The Hall–Kier alpha value is -3.56. The summed E-state index contributed by atoms with van der Waals surface area (Å²) in [6, 6.07) is 6.03. The summed E-state index contributed by atoms with van der Waals surface area (Å²) in [6.07, 6.45) is 0.657. The molecule has 0 saturated heterocycles. The highest BCUT2D eigenvalue weighted by Crippen LogP contribution is 2.21. The van der Waals surface area contributed by atoms with Crippen molar-refractivity contribution in [2.75, 3.05) is 0 Å². The number of nitrogens with two attached hydrogens (primary N) is 1. The van der Waals surface area contributed by atoms with Gasteiger partial charge in [0.2, 0.25) is 5.91 Å². The number of hydrogen-bond donors (Lipinski definition) is 1. The monoisotopic (exact) mass is 360 g/mol. The molecular formula is C16H16N4O6. The van der Waals surface area contributed by atoms with Gasteiger partial charge in [0.05, 0.1) is 10.5 Å². The van der Waals surface area contributed by atoms with Crippen LogP contribution in [0.4, 0.5) is 5.69 Å². The van der Waals surface area contributed by atoms with Gasteiger partial charge in [0.15, 0.2) is 5.69 Å². The van der Waals surface area contributed by atoms with Gasteiger partial charge in [0, 0.05) is 24.2 Å². The number of hydrogen-bond acceptors (Lipinski definition) is 7. The molecule has 0 saturated carbocycles. The van der Waals surface area contributed by atoms with Crippen molar-refractivity contribution in [1.29, 1.82) is 0 Å². The second-order valence-corrected chi connectivity index (χ2v) is 5.32. The maximum absolute atomic E-state index is 12.1. The predicted molar refractivity (Wildman–Crippen MR) is 89.5 cm³/mol. The molecule has 2 N–H and O–H groups in total. The highest BCUT2D eigenvalue weighted by Gasteiger charge is 2.19. The lowest BCUT2D eigenvalue weighted by atomic mass is 10.1. The summed E-state index contributed by atoms with van der Waals surface area (Å²) >= 11 is 0. The summed E-state index contributed by atoms with van der Waals surface area (Å²) in [7, 11) is 0. The highest BCUT2D eigenvalue weighted by molar-refractivity contribution is 5.93. The minimum absolute atomic E-state index is 0.0277. The second-order valence-electron chi connectivity index (χ2n) is 5.32. The summed E-state index contributed by atoms with van der Waals surface area (Å²) in [5.41, 5.74) is 4.34. The van der Waals surface area contributed by atoms with Crippen LogP contribution in [0, 0.1) is 10.1 Å². The molecule has 0 aliphatic rings. The van der Waals surface area contributed by atoms with Crippen molar-refractivity contribution in [2.45, 2.75) is 26.5 Å². The number of nitro groups is 1. The fourth-order valence-corrected chi connectivity index (χ4v) is 2.16. The Kier molecular flexibility index (Phi) is 5.78. The number of esters is 1. The lowest BCUT2D eigenvalue weighted by Crippen LogP contribution is -2.24. The number of nitrogens with zero attached hydrogens (tertiary/aromatic N) is 3. The number of rotatable bonds is 7. The van der Waals surface area contributed by atoms with Gasteiger partial charge in [-0.05, 0) is 24.6 Å². The molecule has 0 fully saturated rings. The van der Waals surface area contributed by atoms with E-state index in [9.17, 15) is 24.5 Å². The number of aryl methyl sites for hydroxylation is 1. The third-order valence-corrected chi connectivity index (χ3v) is 3.44. The summed E-state index contributed by atoms with van der Waals surface area (Å²) in [5.74, 6) is -1.64. The van der Waals surface area contributed by atoms with Crippen LogP contribution in [0.5, 0.6) is 0 Å². The van der Waals surface area contributed by atoms with Crippen molar-refractivity contribution in [3.63, 3.8) is 0 Å². The normalized spacial score (nSPS) is 10.3. The molecule has 2 aromatic rings. The molecule has 0 aliphatic heterocycles. The number of aromatic nitrogens is 2. The first-order chi connectivity index (χ1) is 12.3. The summed E-state index contributed by atoms with van der Waals surface area (Å²) in [6.45, 7) is 1.80. The van der Waals surface area contributed by atoms with Gasteiger partial charge >= 0.3 is 5.97 Å². The number of carbonyl (C=O) groups excluding carboxylic acids is 2. The molecule has 136 valence electrons. The fourth-order valence-electron chi connectivity index (χ4n) is 2.16. The van der Waals surface area contributed by atoms with Crippen molar-refractivity contribution < 1.29 is 19.2 Å². The van der Waals surface area contributed by atoms with Gasteiger partial charge in [-0.3, -0.25) is 19.7 Å². The lowest BCUT2D eigenvalue weighted by Gasteiger charge is -2.08. The maximum Gasteiger partial charge on any atom is 0.359 e. The van der Waals surface area contributed by atoms with Gasteiger partial charge in [-0.1, -0.05) is 6.92 Å². The standard InChI is InChI=1S/C16H16N4O6/c1-2-7-19-14(21)6-5-12(18-19)16(23)26-9-11-4-3-10(15(17)22)8-13(11)20(24)25/h3-6,8H,2,7,9H2,1H3,(H2,17,22). The van der Waals surface area contributed by atoms with E-state index in [1.165, 1.54) is 24.3 Å². The van der Waals surface area contributed by atoms with E-state index < -0.39 is 29.1 Å². The van der Waals surface area contributed by atoms with Crippen LogP contribution in [-0.2, 0) is 17.9 Å². The number of ether oxygens (including phenoxy) is 1. The summed E-state index contributed by atoms with van der Waals surface area (Å²) < 4.78 is 6.18. The molecule has 1 aromatic heterocycles. The van der Waals surface area contributed by atoms with Crippen molar-refractivity contribution in [1.82, 2.24) is 9.78 Å². The van der Waals surface area contributed by atoms with Crippen LogP contribution in [0.3, 0.4) is 0 Å². The molecule has 0 unspecified atom stereocenters. The van der Waals surface area contributed by atoms with Gasteiger partial charge in [-0.25, -0.2) is 9.48 Å². The van der Waals surface area contributed by atoms with Gasteiger partial charge in [0.25, 0.3) is 11.2 Å². The van der Waals surface area contributed by atoms with E-state index in [1.54, 1.807) is 0 Å². The van der Waals surface area contributed by atoms with Crippen molar-refractivity contribution in [3.8, 4) is 0 Å². The summed E-state index contributed by atoms with van der Waals surface area (Å²) in [5, 5.41) is 15.0. The van der Waals surface area contributed by atoms with Gasteiger partial charge < -0.3 is 10.5 Å². The molecular weight excluding hydrogens is 344 g/mol. The van der Waals surface area contributed by atoms with E-state index in [-0.39, 0.29) is 22.4 Å². The van der Waals surface area contributed by atoms with Crippen molar-refractivity contribution >= 4 is 17.6 Å². The van der Waals surface area contributed by atoms with Crippen molar-refractivity contribution in [3.05, 3.63) is 67.6 Å². The van der Waals surface area contributed by atoms with Gasteiger partial charge in [0.1, 0.15) is 6.61 Å². The van der Waals surface area contributed by atoms with Crippen LogP contribution in [0.2, 0.25) is 0 Å².